The maximum absolute atomic E-state index is 11.7. The van der Waals surface area contributed by atoms with Crippen molar-refractivity contribution in [2.24, 2.45) is 0 Å². The lowest BCUT2D eigenvalue weighted by atomic mass is 10.5. The highest BCUT2D eigenvalue weighted by Crippen LogP contribution is 2.16. The Kier molecular flexibility index (Phi) is 5.36. The van der Waals surface area contributed by atoms with E-state index in [1.165, 1.54) is 19.5 Å². The van der Waals surface area contributed by atoms with Gasteiger partial charge in [-0.2, -0.15) is 8.78 Å². The molecule has 1 rings (SSSR count). The van der Waals surface area contributed by atoms with Crippen LogP contribution in [0.5, 0.6) is 0 Å². The van der Waals surface area contributed by atoms with E-state index in [0.717, 1.165) is 17.4 Å². The summed E-state index contributed by atoms with van der Waals surface area (Å²) in [5.41, 5.74) is 0. The smallest absolute Gasteiger partial charge is 0.266 e. The number of aromatic nitrogens is 1. The number of thiazole rings is 1. The van der Waals surface area contributed by atoms with Crippen molar-refractivity contribution in [3.63, 3.8) is 0 Å². The van der Waals surface area contributed by atoms with Crippen molar-refractivity contribution in [2.75, 3.05) is 12.8 Å². The molecule has 1 atom stereocenters. The van der Waals surface area contributed by atoms with Crippen molar-refractivity contribution in [3.05, 3.63) is 28.4 Å². The molecule has 0 bridgehead atoms. The highest BCUT2D eigenvalue weighted by atomic mass is 32.2. The highest BCUT2D eigenvalue weighted by molar-refractivity contribution is 7.87. The average Bonchev–Trinajstić information content (AvgIpc) is 2.64. The van der Waals surface area contributed by atoms with Gasteiger partial charge in [-0.05, 0) is 12.5 Å². The molecule has 0 saturated heterocycles. The highest BCUT2D eigenvalue weighted by Gasteiger charge is 2.09. The SMILES string of the molecule is C/[N+]([O-])=C/c1cnc(S(=O)CCC=C(F)F)s1. The molecule has 17 heavy (non-hydrogen) atoms. The first kappa shape index (κ1) is 13.9. The van der Waals surface area contributed by atoms with Crippen LogP contribution < -0.4 is 0 Å². The van der Waals surface area contributed by atoms with E-state index < -0.39 is 16.9 Å². The fraction of sp³-hybridized carbons (Fsp3) is 0.333. The fourth-order valence-corrected chi connectivity index (χ4v) is 3.18. The molecule has 4 nitrogen and oxygen atoms in total. The van der Waals surface area contributed by atoms with Crippen LogP contribution in [0.3, 0.4) is 0 Å². The lowest BCUT2D eigenvalue weighted by Gasteiger charge is -1.93. The van der Waals surface area contributed by atoms with Crippen molar-refractivity contribution < 1.29 is 17.7 Å². The summed E-state index contributed by atoms with van der Waals surface area (Å²) in [6, 6.07) is 0. The van der Waals surface area contributed by atoms with Gasteiger partial charge in [0, 0.05) is 5.75 Å². The van der Waals surface area contributed by atoms with Crippen LogP contribution in [0.15, 0.2) is 22.7 Å². The Morgan fingerprint density at radius 3 is 3.00 bits per heavy atom. The molecule has 94 valence electrons. The maximum Gasteiger partial charge on any atom is 0.266 e. The monoisotopic (exact) mass is 280 g/mol. The van der Waals surface area contributed by atoms with Gasteiger partial charge in [0.05, 0.1) is 17.0 Å². The Labute approximate surface area is 103 Å². The van der Waals surface area contributed by atoms with Crippen molar-refractivity contribution >= 4 is 28.4 Å². The normalized spacial score (nSPS) is 13.5. The van der Waals surface area contributed by atoms with Crippen LogP contribution in [-0.4, -0.2) is 32.9 Å². The van der Waals surface area contributed by atoms with E-state index in [1.807, 2.05) is 0 Å². The standard InChI is InChI=1S/C9H10F2N2O2S2/c1-13(14)6-7-5-12-9(16-7)17(15)4-2-3-8(10)11/h3,5-6H,2,4H2,1H3/b13-6-. The molecule has 0 spiro atoms. The van der Waals surface area contributed by atoms with Gasteiger partial charge in [-0.1, -0.05) is 11.3 Å². The van der Waals surface area contributed by atoms with Crippen LogP contribution in [0.1, 0.15) is 11.3 Å². The van der Waals surface area contributed by atoms with Gasteiger partial charge >= 0.3 is 0 Å². The number of hydrogen-bond acceptors (Lipinski definition) is 4. The van der Waals surface area contributed by atoms with Gasteiger partial charge in [-0.25, -0.2) is 9.72 Å². The minimum atomic E-state index is -1.77. The van der Waals surface area contributed by atoms with Crippen LogP contribution >= 0.6 is 11.3 Å². The Bertz CT molecular complexity index is 463. The lowest BCUT2D eigenvalue weighted by molar-refractivity contribution is -0.416. The summed E-state index contributed by atoms with van der Waals surface area (Å²) in [7, 11) is -0.0803. The van der Waals surface area contributed by atoms with Crippen molar-refractivity contribution in [2.45, 2.75) is 10.8 Å². The van der Waals surface area contributed by atoms with Gasteiger partial charge in [0.1, 0.15) is 11.9 Å². The first-order chi connectivity index (χ1) is 7.99. The van der Waals surface area contributed by atoms with Crippen molar-refractivity contribution in [1.82, 2.24) is 4.98 Å². The molecule has 0 aliphatic carbocycles. The zero-order valence-electron chi connectivity index (χ0n) is 8.93. The summed E-state index contributed by atoms with van der Waals surface area (Å²) < 4.78 is 36.0. The number of halogens is 2. The second-order valence-corrected chi connectivity index (χ2v) is 5.84. The number of allylic oxidation sites excluding steroid dienone is 1. The quantitative estimate of drug-likeness (QED) is 0.359. The van der Waals surface area contributed by atoms with Gasteiger partial charge < -0.3 is 5.21 Å². The molecule has 1 aromatic rings. The maximum atomic E-state index is 11.7. The molecular formula is C9H10F2N2O2S2. The van der Waals surface area contributed by atoms with Gasteiger partial charge in [0.25, 0.3) is 6.08 Å². The third-order valence-electron chi connectivity index (χ3n) is 1.61. The zero-order chi connectivity index (χ0) is 12.8. The molecule has 0 radical (unpaired) electrons. The van der Waals surface area contributed by atoms with E-state index in [4.69, 9.17) is 0 Å². The van der Waals surface area contributed by atoms with Gasteiger partial charge in [0.2, 0.25) is 0 Å². The second-order valence-electron chi connectivity index (χ2n) is 3.04. The van der Waals surface area contributed by atoms with Crippen LogP contribution in [0.4, 0.5) is 8.78 Å². The molecule has 0 fully saturated rings. The molecule has 1 aromatic heterocycles. The molecule has 8 heteroatoms. The molecular weight excluding hydrogens is 270 g/mol. The number of nitrogens with zero attached hydrogens (tertiary/aromatic N) is 2. The third kappa shape index (κ3) is 5.14. The Morgan fingerprint density at radius 1 is 1.71 bits per heavy atom. The van der Waals surface area contributed by atoms with E-state index in [1.54, 1.807) is 0 Å². The number of hydroxylamine groups is 1. The predicted molar refractivity (Wildman–Crippen MR) is 63.0 cm³/mol. The molecule has 0 aliphatic rings. The summed E-state index contributed by atoms with van der Waals surface area (Å²) in [4.78, 5) is 4.46. The number of rotatable bonds is 5. The summed E-state index contributed by atoms with van der Waals surface area (Å²) in [5.74, 6) is 0.0947. The summed E-state index contributed by atoms with van der Waals surface area (Å²) in [6.07, 6.45) is 1.72. The second kappa shape index (κ2) is 6.55. The van der Waals surface area contributed by atoms with Crippen LogP contribution in [-0.2, 0) is 10.8 Å². The number of hydrogen-bond donors (Lipinski definition) is 0. The van der Waals surface area contributed by atoms with E-state index in [2.05, 4.69) is 4.98 Å². The van der Waals surface area contributed by atoms with Crippen LogP contribution in [0, 0.1) is 5.21 Å². The first-order valence-corrected chi connectivity index (χ1v) is 6.73. The lowest BCUT2D eigenvalue weighted by Crippen LogP contribution is -1.96. The third-order valence-corrected chi connectivity index (χ3v) is 4.24. The van der Waals surface area contributed by atoms with E-state index in [9.17, 15) is 18.2 Å². The van der Waals surface area contributed by atoms with Crippen molar-refractivity contribution in [1.29, 1.82) is 0 Å². The average molecular weight is 280 g/mol. The van der Waals surface area contributed by atoms with Crippen molar-refractivity contribution in [3.8, 4) is 0 Å². The van der Waals surface area contributed by atoms with Crippen LogP contribution in [0.25, 0.3) is 0 Å². The molecule has 1 unspecified atom stereocenters. The van der Waals surface area contributed by atoms with Gasteiger partial charge in [-0.3, -0.25) is 4.21 Å². The predicted octanol–water partition coefficient (Wildman–Crippen LogP) is 1.98. The topological polar surface area (TPSA) is 56.0 Å². The summed E-state index contributed by atoms with van der Waals surface area (Å²) >= 11 is 1.11. The largest absolute Gasteiger partial charge is 0.624 e. The molecule has 1 heterocycles. The summed E-state index contributed by atoms with van der Waals surface area (Å²) in [6.45, 7) is 0. The Morgan fingerprint density at radius 2 is 2.41 bits per heavy atom. The summed E-state index contributed by atoms with van der Waals surface area (Å²) in [5, 5.41) is 10.7. The molecule has 0 aromatic carbocycles. The van der Waals surface area contributed by atoms with E-state index in [0.29, 0.717) is 14.0 Å². The van der Waals surface area contributed by atoms with Gasteiger partial charge in [0.15, 0.2) is 10.6 Å². The molecule has 0 aliphatic heterocycles. The minimum absolute atomic E-state index is 0.0367. The Balaban J connectivity index is 2.61. The van der Waals surface area contributed by atoms with E-state index in [-0.39, 0.29) is 12.2 Å². The zero-order valence-corrected chi connectivity index (χ0v) is 10.6. The van der Waals surface area contributed by atoms with E-state index >= 15 is 0 Å². The first-order valence-electron chi connectivity index (χ1n) is 4.59. The van der Waals surface area contributed by atoms with Gasteiger partial charge in [-0.15, -0.1) is 0 Å². The molecule has 0 N–H and O–H groups in total. The molecule has 0 amide bonds. The minimum Gasteiger partial charge on any atom is -0.624 e. The molecule has 0 saturated carbocycles. The Hall–Kier alpha value is -1.15. The fourth-order valence-electron chi connectivity index (χ4n) is 0.976. The van der Waals surface area contributed by atoms with Crippen LogP contribution in [0.2, 0.25) is 0 Å².